The molecule has 2 aromatic rings. The van der Waals surface area contributed by atoms with Crippen molar-refractivity contribution in [2.75, 3.05) is 7.05 Å². The van der Waals surface area contributed by atoms with Crippen molar-refractivity contribution in [1.82, 2.24) is 14.9 Å². The molecule has 3 nitrogen and oxygen atoms in total. The van der Waals surface area contributed by atoms with Gasteiger partial charge in [-0.1, -0.05) is 15.9 Å². The Morgan fingerprint density at radius 2 is 2.26 bits per heavy atom. The second-order valence-corrected chi connectivity index (χ2v) is 6.42. The molecule has 0 fully saturated rings. The fraction of sp³-hybridized carbons (Fsp3) is 0.357. The van der Waals surface area contributed by atoms with Crippen molar-refractivity contribution in [3.8, 4) is 0 Å². The fourth-order valence-corrected chi connectivity index (χ4v) is 3.24. The van der Waals surface area contributed by atoms with Crippen LogP contribution in [0.5, 0.6) is 0 Å². The van der Waals surface area contributed by atoms with Crippen LogP contribution >= 0.6 is 38.5 Å². The van der Waals surface area contributed by atoms with E-state index >= 15 is 0 Å². The quantitative estimate of drug-likeness (QED) is 0.727. The Morgan fingerprint density at radius 3 is 2.95 bits per heavy atom. The lowest BCUT2D eigenvalue weighted by molar-refractivity contribution is 0.551. The first kappa shape index (κ1) is 15.0. The molecule has 0 radical (unpaired) electrons. The summed E-state index contributed by atoms with van der Waals surface area (Å²) in [7, 11) is 2.00. The highest BCUT2D eigenvalue weighted by molar-refractivity contribution is 14.1. The topological polar surface area (TPSA) is 29.9 Å². The first-order valence-corrected chi connectivity index (χ1v) is 8.15. The number of nitrogens with one attached hydrogen (secondary N) is 1. The van der Waals surface area contributed by atoms with Gasteiger partial charge in [-0.25, -0.2) is 4.98 Å². The van der Waals surface area contributed by atoms with Gasteiger partial charge < -0.3 is 9.88 Å². The summed E-state index contributed by atoms with van der Waals surface area (Å²) in [6.07, 6.45) is 4.80. The van der Waals surface area contributed by atoms with Crippen molar-refractivity contribution in [2.24, 2.45) is 0 Å². The molecule has 102 valence electrons. The zero-order valence-corrected chi connectivity index (χ0v) is 14.8. The monoisotopic (exact) mass is 433 g/mol. The van der Waals surface area contributed by atoms with E-state index in [1.54, 1.807) is 0 Å². The fourth-order valence-electron chi connectivity index (χ4n) is 2.15. The van der Waals surface area contributed by atoms with Crippen LogP contribution in [0.2, 0.25) is 0 Å². The minimum Gasteiger partial charge on any atom is -0.335 e. The van der Waals surface area contributed by atoms with Gasteiger partial charge in [0.25, 0.3) is 0 Å². The van der Waals surface area contributed by atoms with Crippen LogP contribution < -0.4 is 5.32 Å². The van der Waals surface area contributed by atoms with Gasteiger partial charge in [-0.05, 0) is 60.3 Å². The van der Waals surface area contributed by atoms with E-state index in [0.29, 0.717) is 0 Å². The third-order valence-electron chi connectivity index (χ3n) is 3.21. The maximum atomic E-state index is 4.46. The lowest BCUT2D eigenvalue weighted by atomic mass is 10.0. The summed E-state index contributed by atoms with van der Waals surface area (Å²) in [4.78, 5) is 4.46. The SMILES string of the molecule is CCn1ccnc1CC(NC)c1cc(Br)ccc1I. The molecule has 2 rings (SSSR count). The average molecular weight is 434 g/mol. The molecular formula is C14H17BrIN3. The molecule has 1 N–H and O–H groups in total. The normalized spacial score (nSPS) is 12.6. The number of nitrogens with zero attached hydrogens (tertiary/aromatic N) is 2. The van der Waals surface area contributed by atoms with Gasteiger partial charge in [0.05, 0.1) is 0 Å². The molecule has 0 saturated carbocycles. The van der Waals surface area contributed by atoms with Gasteiger partial charge in [0.15, 0.2) is 0 Å². The Bertz CT molecular complexity index is 553. The van der Waals surface area contributed by atoms with Gasteiger partial charge in [0.2, 0.25) is 0 Å². The third kappa shape index (κ3) is 3.58. The van der Waals surface area contributed by atoms with Crippen LogP contribution in [-0.2, 0) is 13.0 Å². The predicted molar refractivity (Wildman–Crippen MR) is 90.3 cm³/mol. The molecule has 0 aliphatic carbocycles. The molecule has 0 aliphatic rings. The van der Waals surface area contributed by atoms with Gasteiger partial charge in [-0.3, -0.25) is 0 Å². The Morgan fingerprint density at radius 1 is 1.47 bits per heavy atom. The highest BCUT2D eigenvalue weighted by Crippen LogP contribution is 2.26. The van der Waals surface area contributed by atoms with E-state index in [2.05, 4.69) is 78.5 Å². The zero-order chi connectivity index (χ0) is 13.8. The summed E-state index contributed by atoms with van der Waals surface area (Å²) in [6.45, 7) is 3.10. The van der Waals surface area contributed by atoms with Crippen LogP contribution in [0.3, 0.4) is 0 Å². The molecular weight excluding hydrogens is 417 g/mol. The van der Waals surface area contributed by atoms with E-state index in [1.807, 2.05) is 19.4 Å². The smallest absolute Gasteiger partial charge is 0.110 e. The molecule has 0 saturated heterocycles. The first-order valence-electron chi connectivity index (χ1n) is 6.28. The van der Waals surface area contributed by atoms with E-state index in [9.17, 15) is 0 Å². The number of benzene rings is 1. The Hall–Kier alpha value is -0.400. The van der Waals surface area contributed by atoms with Crippen molar-refractivity contribution >= 4 is 38.5 Å². The third-order valence-corrected chi connectivity index (χ3v) is 4.69. The Labute approximate surface area is 136 Å². The number of aryl methyl sites for hydroxylation is 1. The lowest BCUT2D eigenvalue weighted by Gasteiger charge is -2.19. The molecule has 0 amide bonds. The molecule has 1 aromatic carbocycles. The van der Waals surface area contributed by atoms with Crippen LogP contribution in [-0.4, -0.2) is 16.6 Å². The number of hydrogen-bond donors (Lipinski definition) is 1. The highest BCUT2D eigenvalue weighted by atomic mass is 127. The molecule has 0 bridgehead atoms. The summed E-state index contributed by atoms with van der Waals surface area (Å²) in [5, 5.41) is 3.40. The number of imidazole rings is 1. The van der Waals surface area contributed by atoms with Crippen molar-refractivity contribution in [3.63, 3.8) is 0 Å². The van der Waals surface area contributed by atoms with Gasteiger partial charge >= 0.3 is 0 Å². The number of aromatic nitrogens is 2. The number of hydrogen-bond acceptors (Lipinski definition) is 2. The molecule has 1 unspecified atom stereocenters. The minimum atomic E-state index is 0.275. The van der Waals surface area contributed by atoms with Crippen molar-refractivity contribution < 1.29 is 0 Å². The van der Waals surface area contributed by atoms with Crippen LogP contribution in [0.25, 0.3) is 0 Å². The largest absolute Gasteiger partial charge is 0.335 e. The van der Waals surface area contributed by atoms with Crippen LogP contribution in [0.4, 0.5) is 0 Å². The van der Waals surface area contributed by atoms with E-state index in [1.165, 1.54) is 9.13 Å². The summed E-state index contributed by atoms with van der Waals surface area (Å²) in [5.41, 5.74) is 1.31. The Kier molecular flexibility index (Phi) is 5.41. The van der Waals surface area contributed by atoms with E-state index in [0.717, 1.165) is 23.3 Å². The molecule has 0 spiro atoms. The summed E-state index contributed by atoms with van der Waals surface area (Å²) in [6, 6.07) is 6.67. The molecule has 0 aliphatic heterocycles. The van der Waals surface area contributed by atoms with Crippen molar-refractivity contribution in [2.45, 2.75) is 25.9 Å². The maximum absolute atomic E-state index is 4.46. The second-order valence-electron chi connectivity index (χ2n) is 4.34. The standard InChI is InChI=1S/C14H17BrIN3/c1-3-19-7-6-18-14(19)9-13(17-2)11-8-10(15)4-5-12(11)16/h4-8,13,17H,3,9H2,1-2H3. The molecule has 1 aromatic heterocycles. The van der Waals surface area contributed by atoms with E-state index in [4.69, 9.17) is 0 Å². The summed E-state index contributed by atoms with van der Waals surface area (Å²) in [5.74, 6) is 1.12. The molecule has 1 heterocycles. The maximum Gasteiger partial charge on any atom is 0.110 e. The van der Waals surface area contributed by atoms with E-state index in [-0.39, 0.29) is 6.04 Å². The zero-order valence-electron chi connectivity index (χ0n) is 11.0. The Balaban J connectivity index is 2.27. The first-order chi connectivity index (χ1) is 9.15. The average Bonchev–Trinajstić information content (AvgIpc) is 2.86. The number of likely N-dealkylation sites (N-methyl/N-ethyl adjacent to an activating group) is 1. The van der Waals surface area contributed by atoms with Crippen LogP contribution in [0.1, 0.15) is 24.4 Å². The van der Waals surface area contributed by atoms with Crippen molar-refractivity contribution in [3.05, 3.63) is 50.0 Å². The molecule has 1 atom stereocenters. The second kappa shape index (κ2) is 6.85. The van der Waals surface area contributed by atoms with Gasteiger partial charge in [-0.2, -0.15) is 0 Å². The van der Waals surface area contributed by atoms with Gasteiger partial charge in [-0.15, -0.1) is 0 Å². The van der Waals surface area contributed by atoms with Gasteiger partial charge in [0.1, 0.15) is 5.82 Å². The van der Waals surface area contributed by atoms with Crippen LogP contribution in [0, 0.1) is 3.57 Å². The van der Waals surface area contributed by atoms with Crippen molar-refractivity contribution in [1.29, 1.82) is 0 Å². The molecule has 5 heteroatoms. The number of halogens is 2. The lowest BCUT2D eigenvalue weighted by Crippen LogP contribution is -2.21. The van der Waals surface area contributed by atoms with Crippen LogP contribution in [0.15, 0.2) is 35.1 Å². The minimum absolute atomic E-state index is 0.275. The summed E-state index contributed by atoms with van der Waals surface area (Å²) >= 11 is 5.93. The summed E-state index contributed by atoms with van der Waals surface area (Å²) < 4.78 is 4.58. The molecule has 19 heavy (non-hydrogen) atoms. The number of rotatable bonds is 5. The van der Waals surface area contributed by atoms with Gasteiger partial charge in [0, 0.05) is 39.4 Å². The highest BCUT2D eigenvalue weighted by Gasteiger charge is 2.16. The predicted octanol–water partition coefficient (Wildman–Crippen LogP) is 3.77. The van der Waals surface area contributed by atoms with E-state index < -0.39 is 0 Å².